The van der Waals surface area contributed by atoms with Crippen molar-refractivity contribution in [1.29, 1.82) is 0 Å². The van der Waals surface area contributed by atoms with Gasteiger partial charge in [-0.1, -0.05) is 6.92 Å². The van der Waals surface area contributed by atoms with Gasteiger partial charge >= 0.3 is 0 Å². The first kappa shape index (κ1) is 15.3. The van der Waals surface area contributed by atoms with Crippen molar-refractivity contribution in [3.63, 3.8) is 0 Å². The molecule has 2 aliphatic rings. The Hall–Kier alpha value is -0.650. The van der Waals surface area contributed by atoms with Gasteiger partial charge in [-0.15, -0.1) is 11.3 Å². The van der Waals surface area contributed by atoms with Crippen LogP contribution in [-0.2, 0) is 11.3 Å². The fourth-order valence-electron chi connectivity index (χ4n) is 2.98. The summed E-state index contributed by atoms with van der Waals surface area (Å²) >= 11 is 1.88. The lowest BCUT2D eigenvalue weighted by Crippen LogP contribution is -2.39. The Balaban J connectivity index is 1.68. The van der Waals surface area contributed by atoms with Crippen molar-refractivity contribution in [2.75, 3.05) is 31.6 Å². The van der Waals surface area contributed by atoms with Crippen LogP contribution in [0.25, 0.3) is 0 Å². The number of hydrogen-bond donors (Lipinski definition) is 1. The van der Waals surface area contributed by atoms with Gasteiger partial charge in [0, 0.05) is 37.0 Å². The highest BCUT2D eigenvalue weighted by atomic mass is 32.1. The van der Waals surface area contributed by atoms with E-state index in [0.29, 0.717) is 6.10 Å². The first-order valence-electron chi connectivity index (χ1n) is 8.32. The second kappa shape index (κ2) is 7.07. The molecular formula is C16H27N3OS. The van der Waals surface area contributed by atoms with E-state index >= 15 is 0 Å². The van der Waals surface area contributed by atoms with E-state index in [0.717, 1.165) is 38.6 Å². The molecule has 21 heavy (non-hydrogen) atoms. The molecule has 4 nitrogen and oxygen atoms in total. The molecule has 1 saturated heterocycles. The van der Waals surface area contributed by atoms with E-state index in [-0.39, 0.29) is 0 Å². The summed E-state index contributed by atoms with van der Waals surface area (Å²) in [7, 11) is 2.02. The second-order valence-corrected chi connectivity index (χ2v) is 7.25. The van der Waals surface area contributed by atoms with E-state index in [1.807, 2.05) is 18.4 Å². The fraction of sp³-hybridized carbons (Fsp3) is 0.812. The van der Waals surface area contributed by atoms with Crippen LogP contribution < -0.4 is 10.2 Å². The molecule has 2 fully saturated rings. The number of aromatic nitrogens is 1. The Kier molecular flexibility index (Phi) is 5.14. The van der Waals surface area contributed by atoms with Gasteiger partial charge in [-0.25, -0.2) is 4.98 Å². The highest BCUT2D eigenvalue weighted by Gasteiger charge is 2.31. The standard InChI is InChI=1S/C16H27N3OS/c1-3-9-20-13-5-4-8-19(11-13)16-18-15(12-6-7-12)14(21-16)10-17-2/h12-13,17H,3-11H2,1-2H3. The Morgan fingerprint density at radius 2 is 2.24 bits per heavy atom. The van der Waals surface area contributed by atoms with Crippen molar-refractivity contribution in [3.8, 4) is 0 Å². The molecule has 1 aromatic rings. The quantitative estimate of drug-likeness (QED) is 0.839. The summed E-state index contributed by atoms with van der Waals surface area (Å²) in [6.45, 7) is 6.15. The average Bonchev–Trinajstić information content (AvgIpc) is 3.27. The number of nitrogens with one attached hydrogen (secondary N) is 1. The maximum absolute atomic E-state index is 5.95. The molecule has 1 N–H and O–H groups in total. The van der Waals surface area contributed by atoms with Gasteiger partial charge in [0.15, 0.2) is 5.13 Å². The zero-order valence-corrected chi connectivity index (χ0v) is 14.0. The van der Waals surface area contributed by atoms with Gasteiger partial charge in [-0.2, -0.15) is 0 Å². The maximum Gasteiger partial charge on any atom is 0.185 e. The van der Waals surface area contributed by atoms with Gasteiger partial charge < -0.3 is 15.0 Å². The lowest BCUT2D eigenvalue weighted by molar-refractivity contribution is 0.0440. The third kappa shape index (κ3) is 3.76. The van der Waals surface area contributed by atoms with Crippen LogP contribution in [0.2, 0.25) is 0 Å². The van der Waals surface area contributed by atoms with E-state index < -0.39 is 0 Å². The Labute approximate surface area is 131 Å². The van der Waals surface area contributed by atoms with Gasteiger partial charge in [0.25, 0.3) is 0 Å². The van der Waals surface area contributed by atoms with Crippen LogP contribution in [0.3, 0.4) is 0 Å². The molecule has 118 valence electrons. The van der Waals surface area contributed by atoms with Gasteiger partial charge in [0.2, 0.25) is 0 Å². The van der Waals surface area contributed by atoms with Gasteiger partial charge in [0.05, 0.1) is 11.8 Å². The second-order valence-electron chi connectivity index (χ2n) is 6.19. The van der Waals surface area contributed by atoms with E-state index in [1.54, 1.807) is 0 Å². The van der Waals surface area contributed by atoms with Crippen molar-refractivity contribution >= 4 is 16.5 Å². The number of thiazole rings is 1. The molecular weight excluding hydrogens is 282 g/mol. The number of nitrogens with zero attached hydrogens (tertiary/aromatic N) is 2. The molecule has 0 spiro atoms. The highest BCUT2D eigenvalue weighted by molar-refractivity contribution is 7.15. The minimum absolute atomic E-state index is 0.389. The van der Waals surface area contributed by atoms with Gasteiger partial charge in [-0.05, 0) is 39.2 Å². The molecule has 1 atom stereocenters. The predicted octanol–water partition coefficient (Wildman–Crippen LogP) is 3.14. The lowest BCUT2D eigenvalue weighted by Gasteiger charge is -2.32. The smallest absolute Gasteiger partial charge is 0.185 e. The first-order chi connectivity index (χ1) is 10.3. The average molecular weight is 309 g/mol. The van der Waals surface area contributed by atoms with Crippen LogP contribution in [0, 0.1) is 0 Å². The summed E-state index contributed by atoms with van der Waals surface area (Å²) in [6, 6.07) is 0. The Morgan fingerprint density at radius 3 is 2.95 bits per heavy atom. The largest absolute Gasteiger partial charge is 0.376 e. The lowest BCUT2D eigenvalue weighted by atomic mass is 10.1. The zero-order chi connectivity index (χ0) is 14.7. The molecule has 0 amide bonds. The van der Waals surface area contributed by atoms with E-state index in [9.17, 15) is 0 Å². The fourth-order valence-corrected chi connectivity index (χ4v) is 4.17. The molecule has 3 rings (SSSR count). The highest BCUT2D eigenvalue weighted by Crippen LogP contribution is 2.44. The topological polar surface area (TPSA) is 37.4 Å². The SMILES string of the molecule is CCCOC1CCCN(c2nc(C3CC3)c(CNC)s2)C1. The molecule has 5 heteroatoms. The minimum atomic E-state index is 0.389. The molecule has 0 radical (unpaired) electrons. The minimum Gasteiger partial charge on any atom is -0.376 e. The van der Waals surface area contributed by atoms with Gasteiger partial charge in [0.1, 0.15) is 0 Å². The summed E-state index contributed by atoms with van der Waals surface area (Å²) in [4.78, 5) is 8.86. The molecule has 1 aliphatic heterocycles. The normalized spacial score (nSPS) is 22.8. The number of anilines is 1. The van der Waals surface area contributed by atoms with Crippen LogP contribution in [0.5, 0.6) is 0 Å². The molecule has 1 unspecified atom stereocenters. The summed E-state index contributed by atoms with van der Waals surface area (Å²) in [5, 5.41) is 4.50. The van der Waals surface area contributed by atoms with Crippen molar-refractivity contribution in [2.24, 2.45) is 0 Å². The van der Waals surface area contributed by atoms with Crippen LogP contribution in [0.1, 0.15) is 55.5 Å². The molecule has 0 bridgehead atoms. The number of piperidine rings is 1. The maximum atomic E-state index is 5.95. The Bertz CT molecular complexity index is 458. The van der Waals surface area contributed by atoms with E-state index in [2.05, 4.69) is 17.1 Å². The molecule has 1 aromatic heterocycles. The van der Waals surface area contributed by atoms with Gasteiger partial charge in [-0.3, -0.25) is 0 Å². The summed E-state index contributed by atoms with van der Waals surface area (Å²) in [6.07, 6.45) is 6.55. The predicted molar refractivity (Wildman–Crippen MR) is 88.3 cm³/mol. The van der Waals surface area contributed by atoms with Crippen molar-refractivity contribution in [3.05, 3.63) is 10.6 Å². The molecule has 0 aromatic carbocycles. The molecule has 1 saturated carbocycles. The van der Waals surface area contributed by atoms with Crippen molar-refractivity contribution in [2.45, 2.75) is 57.6 Å². The van der Waals surface area contributed by atoms with Crippen molar-refractivity contribution < 1.29 is 4.74 Å². The summed E-state index contributed by atoms with van der Waals surface area (Å²) in [5.41, 5.74) is 1.36. The van der Waals surface area contributed by atoms with Crippen LogP contribution >= 0.6 is 11.3 Å². The summed E-state index contributed by atoms with van der Waals surface area (Å²) in [5.74, 6) is 0.732. The number of rotatable bonds is 7. The van der Waals surface area contributed by atoms with Crippen LogP contribution in [0.4, 0.5) is 5.13 Å². The third-order valence-corrected chi connectivity index (χ3v) is 5.36. The van der Waals surface area contributed by atoms with E-state index in [4.69, 9.17) is 9.72 Å². The first-order valence-corrected chi connectivity index (χ1v) is 9.14. The zero-order valence-electron chi connectivity index (χ0n) is 13.2. The Morgan fingerprint density at radius 1 is 1.38 bits per heavy atom. The van der Waals surface area contributed by atoms with Crippen LogP contribution in [-0.4, -0.2) is 37.8 Å². The number of ether oxygens (including phenoxy) is 1. The van der Waals surface area contributed by atoms with Crippen molar-refractivity contribution in [1.82, 2.24) is 10.3 Å². The third-order valence-electron chi connectivity index (χ3n) is 4.22. The monoisotopic (exact) mass is 309 g/mol. The molecule has 1 aliphatic carbocycles. The van der Waals surface area contributed by atoms with Crippen LogP contribution in [0.15, 0.2) is 0 Å². The molecule has 2 heterocycles. The van der Waals surface area contributed by atoms with E-state index in [1.165, 1.54) is 41.4 Å². The number of hydrogen-bond acceptors (Lipinski definition) is 5. The summed E-state index contributed by atoms with van der Waals surface area (Å²) < 4.78 is 5.95.